The van der Waals surface area contributed by atoms with E-state index < -0.39 is 12.1 Å². The standard InChI is InChI=1S/C7H9NO2/c1-5(4-8)6(2)10-7(3)9/h6H,1H2,2-3H3. The number of esters is 1. The molecule has 0 bridgehead atoms. The van der Waals surface area contributed by atoms with E-state index in [0.29, 0.717) is 0 Å². The van der Waals surface area contributed by atoms with E-state index in [2.05, 4.69) is 11.3 Å². The van der Waals surface area contributed by atoms with Gasteiger partial charge in [0.2, 0.25) is 0 Å². The second-order valence-corrected chi connectivity index (χ2v) is 1.89. The Morgan fingerprint density at radius 1 is 1.80 bits per heavy atom. The summed E-state index contributed by atoms with van der Waals surface area (Å²) < 4.78 is 4.64. The lowest BCUT2D eigenvalue weighted by atomic mass is 10.2. The van der Waals surface area contributed by atoms with Gasteiger partial charge in [-0.1, -0.05) is 6.58 Å². The van der Waals surface area contributed by atoms with Crippen molar-refractivity contribution in [2.45, 2.75) is 20.0 Å². The Morgan fingerprint density at radius 2 is 2.30 bits per heavy atom. The quantitative estimate of drug-likeness (QED) is 0.424. The Bertz CT molecular complexity index is 190. The Labute approximate surface area is 59.9 Å². The number of carbonyl (C=O) groups is 1. The van der Waals surface area contributed by atoms with Gasteiger partial charge in [0.15, 0.2) is 0 Å². The average Bonchev–Trinajstić information content (AvgIpc) is 1.85. The summed E-state index contributed by atoms with van der Waals surface area (Å²) in [6, 6.07) is 1.80. The van der Waals surface area contributed by atoms with E-state index in [1.807, 2.05) is 0 Å². The Balaban J connectivity index is 3.88. The van der Waals surface area contributed by atoms with Gasteiger partial charge < -0.3 is 4.74 Å². The molecule has 0 fully saturated rings. The third kappa shape index (κ3) is 2.88. The molecule has 0 aliphatic rings. The molecule has 0 spiro atoms. The first kappa shape index (κ1) is 8.70. The highest BCUT2D eigenvalue weighted by Crippen LogP contribution is 2.01. The van der Waals surface area contributed by atoms with E-state index in [1.165, 1.54) is 6.92 Å². The minimum Gasteiger partial charge on any atom is -0.457 e. The molecule has 0 amide bonds. The molecule has 0 aromatic heterocycles. The first-order valence-electron chi connectivity index (χ1n) is 2.84. The van der Waals surface area contributed by atoms with Crippen molar-refractivity contribution >= 4 is 5.97 Å². The molecular weight excluding hydrogens is 130 g/mol. The minimum absolute atomic E-state index is 0.259. The summed E-state index contributed by atoms with van der Waals surface area (Å²) in [7, 11) is 0. The Kier molecular flexibility index (Phi) is 3.20. The molecule has 0 aromatic rings. The molecule has 1 atom stereocenters. The van der Waals surface area contributed by atoms with Gasteiger partial charge in [-0.25, -0.2) is 0 Å². The predicted molar refractivity (Wildman–Crippen MR) is 36.0 cm³/mol. The molecule has 0 radical (unpaired) electrons. The van der Waals surface area contributed by atoms with Gasteiger partial charge in [-0.2, -0.15) is 5.26 Å². The van der Waals surface area contributed by atoms with Crippen LogP contribution >= 0.6 is 0 Å². The summed E-state index contributed by atoms with van der Waals surface area (Å²) in [6.07, 6.45) is -0.498. The van der Waals surface area contributed by atoms with Crippen LogP contribution in [0.15, 0.2) is 12.2 Å². The SMILES string of the molecule is C=C(C#N)C(C)OC(C)=O. The van der Waals surface area contributed by atoms with Crippen LogP contribution in [0.3, 0.4) is 0 Å². The highest BCUT2D eigenvalue weighted by atomic mass is 16.5. The zero-order chi connectivity index (χ0) is 8.15. The minimum atomic E-state index is -0.498. The fourth-order valence-electron chi connectivity index (χ4n) is 0.411. The van der Waals surface area contributed by atoms with E-state index in [4.69, 9.17) is 5.26 Å². The molecule has 0 aromatic carbocycles. The molecule has 0 rings (SSSR count). The number of nitriles is 1. The molecule has 0 N–H and O–H groups in total. The normalized spacial score (nSPS) is 11.3. The third-order valence-electron chi connectivity index (χ3n) is 0.977. The summed E-state index contributed by atoms with van der Waals surface area (Å²) in [6.45, 7) is 6.28. The van der Waals surface area contributed by atoms with Gasteiger partial charge >= 0.3 is 5.97 Å². The van der Waals surface area contributed by atoms with Gasteiger partial charge in [0.1, 0.15) is 6.10 Å². The molecule has 0 aliphatic heterocycles. The average molecular weight is 139 g/mol. The molecule has 3 heteroatoms. The first-order chi connectivity index (χ1) is 4.57. The Morgan fingerprint density at radius 3 is 2.60 bits per heavy atom. The van der Waals surface area contributed by atoms with Crippen LogP contribution in [0.4, 0.5) is 0 Å². The number of nitrogens with zero attached hydrogens (tertiary/aromatic N) is 1. The summed E-state index contributed by atoms with van der Waals surface area (Å²) in [5.41, 5.74) is 0.259. The lowest BCUT2D eigenvalue weighted by Crippen LogP contribution is -2.13. The molecule has 0 saturated heterocycles. The topological polar surface area (TPSA) is 50.1 Å². The fourth-order valence-corrected chi connectivity index (χ4v) is 0.411. The number of ether oxygens (including phenoxy) is 1. The van der Waals surface area contributed by atoms with Crippen molar-refractivity contribution in [1.29, 1.82) is 5.26 Å². The first-order valence-corrected chi connectivity index (χ1v) is 2.84. The van der Waals surface area contributed by atoms with Gasteiger partial charge in [-0.05, 0) is 6.92 Å². The zero-order valence-corrected chi connectivity index (χ0v) is 6.05. The van der Waals surface area contributed by atoms with Crippen LogP contribution in [0.5, 0.6) is 0 Å². The Hall–Kier alpha value is -1.30. The van der Waals surface area contributed by atoms with Crippen molar-refractivity contribution in [2.75, 3.05) is 0 Å². The monoisotopic (exact) mass is 139 g/mol. The third-order valence-corrected chi connectivity index (χ3v) is 0.977. The summed E-state index contributed by atoms with van der Waals surface area (Å²) in [4.78, 5) is 10.3. The van der Waals surface area contributed by atoms with Crippen molar-refractivity contribution in [3.63, 3.8) is 0 Å². The van der Waals surface area contributed by atoms with Crippen LogP contribution < -0.4 is 0 Å². The number of hydrogen-bond donors (Lipinski definition) is 0. The molecule has 0 saturated carbocycles. The van der Waals surface area contributed by atoms with Gasteiger partial charge in [0.05, 0.1) is 11.6 Å². The van der Waals surface area contributed by atoms with E-state index in [1.54, 1.807) is 13.0 Å². The molecule has 54 valence electrons. The lowest BCUT2D eigenvalue weighted by Gasteiger charge is -2.07. The van der Waals surface area contributed by atoms with Crippen LogP contribution in [0.25, 0.3) is 0 Å². The van der Waals surface area contributed by atoms with Crippen molar-refractivity contribution in [1.82, 2.24) is 0 Å². The molecule has 3 nitrogen and oxygen atoms in total. The van der Waals surface area contributed by atoms with Gasteiger partial charge in [-0.15, -0.1) is 0 Å². The maximum absolute atomic E-state index is 10.3. The maximum atomic E-state index is 10.3. The number of hydrogen-bond acceptors (Lipinski definition) is 3. The van der Waals surface area contributed by atoms with E-state index in [-0.39, 0.29) is 5.57 Å². The lowest BCUT2D eigenvalue weighted by molar-refractivity contribution is -0.143. The molecule has 0 aliphatic carbocycles. The van der Waals surface area contributed by atoms with Gasteiger partial charge in [-0.3, -0.25) is 4.79 Å². The number of rotatable bonds is 2. The van der Waals surface area contributed by atoms with Crippen LogP contribution in [0, 0.1) is 11.3 Å². The zero-order valence-electron chi connectivity index (χ0n) is 6.05. The summed E-state index contributed by atoms with van der Waals surface area (Å²) in [5.74, 6) is -0.399. The fraction of sp³-hybridized carbons (Fsp3) is 0.429. The van der Waals surface area contributed by atoms with Crippen molar-refractivity contribution < 1.29 is 9.53 Å². The van der Waals surface area contributed by atoms with Crippen molar-refractivity contribution in [2.24, 2.45) is 0 Å². The largest absolute Gasteiger partial charge is 0.457 e. The second kappa shape index (κ2) is 3.67. The van der Waals surface area contributed by atoms with Crippen LogP contribution in [0.1, 0.15) is 13.8 Å². The molecule has 0 heterocycles. The van der Waals surface area contributed by atoms with Crippen LogP contribution in [0.2, 0.25) is 0 Å². The van der Waals surface area contributed by atoms with Gasteiger partial charge in [0, 0.05) is 6.92 Å². The van der Waals surface area contributed by atoms with E-state index in [9.17, 15) is 4.79 Å². The van der Waals surface area contributed by atoms with Crippen molar-refractivity contribution in [3.8, 4) is 6.07 Å². The van der Waals surface area contributed by atoms with E-state index >= 15 is 0 Å². The summed E-state index contributed by atoms with van der Waals surface area (Å²) in [5, 5.41) is 8.28. The van der Waals surface area contributed by atoms with Crippen LogP contribution in [-0.2, 0) is 9.53 Å². The van der Waals surface area contributed by atoms with E-state index in [0.717, 1.165) is 0 Å². The molecular formula is C7H9NO2. The second-order valence-electron chi connectivity index (χ2n) is 1.89. The molecule has 10 heavy (non-hydrogen) atoms. The predicted octanol–water partition coefficient (Wildman–Crippen LogP) is 1.02. The maximum Gasteiger partial charge on any atom is 0.303 e. The highest BCUT2D eigenvalue weighted by Gasteiger charge is 2.07. The van der Waals surface area contributed by atoms with Crippen LogP contribution in [-0.4, -0.2) is 12.1 Å². The number of carbonyl (C=O) groups excluding carboxylic acids is 1. The molecule has 1 unspecified atom stereocenters. The smallest absolute Gasteiger partial charge is 0.303 e. The van der Waals surface area contributed by atoms with Gasteiger partial charge in [0.25, 0.3) is 0 Å². The highest BCUT2D eigenvalue weighted by molar-refractivity contribution is 5.66. The summed E-state index contributed by atoms with van der Waals surface area (Å²) >= 11 is 0. The van der Waals surface area contributed by atoms with Crippen molar-refractivity contribution in [3.05, 3.63) is 12.2 Å².